The number of nitrogens with one attached hydrogen (secondary N) is 1. The second-order valence-electron chi connectivity index (χ2n) is 4.72. The maximum atomic E-state index is 5.45. The molecule has 0 heterocycles. The zero-order valence-corrected chi connectivity index (χ0v) is 14.6. The van der Waals surface area contributed by atoms with Gasteiger partial charge in [0.05, 0.1) is 11.6 Å². The average molecular weight is 379 g/mol. The first-order valence-corrected chi connectivity index (χ1v) is 7.83. The van der Waals surface area contributed by atoms with Crippen molar-refractivity contribution in [2.24, 2.45) is 5.92 Å². The third-order valence-electron chi connectivity index (χ3n) is 3.09. The second kappa shape index (κ2) is 7.51. The number of rotatable bonds is 6. The van der Waals surface area contributed by atoms with E-state index in [2.05, 4.69) is 64.0 Å². The van der Waals surface area contributed by atoms with Crippen LogP contribution in [0.4, 0.5) is 0 Å². The Morgan fingerprint density at radius 3 is 2.44 bits per heavy atom. The predicted molar refractivity (Wildman–Crippen MR) is 84.2 cm³/mol. The zero-order chi connectivity index (χ0) is 13.7. The molecule has 4 heteroatoms. The fourth-order valence-corrected chi connectivity index (χ4v) is 3.54. The van der Waals surface area contributed by atoms with Crippen molar-refractivity contribution >= 4 is 31.9 Å². The van der Waals surface area contributed by atoms with Crippen molar-refractivity contribution < 1.29 is 4.74 Å². The highest BCUT2D eigenvalue weighted by molar-refractivity contribution is 9.11. The van der Waals surface area contributed by atoms with E-state index in [1.54, 1.807) is 7.11 Å². The van der Waals surface area contributed by atoms with Crippen LogP contribution in [-0.4, -0.2) is 13.2 Å². The largest absolute Gasteiger partial charge is 0.495 e. The van der Waals surface area contributed by atoms with Gasteiger partial charge in [0, 0.05) is 22.6 Å². The molecule has 1 atom stereocenters. The maximum absolute atomic E-state index is 5.45. The van der Waals surface area contributed by atoms with Crippen LogP contribution in [0.3, 0.4) is 0 Å². The van der Waals surface area contributed by atoms with Gasteiger partial charge in [-0.3, -0.25) is 0 Å². The van der Waals surface area contributed by atoms with Crippen LogP contribution in [0.25, 0.3) is 0 Å². The molecule has 0 amide bonds. The van der Waals surface area contributed by atoms with E-state index < -0.39 is 0 Å². The van der Waals surface area contributed by atoms with E-state index in [0.717, 1.165) is 33.2 Å². The van der Waals surface area contributed by atoms with Crippen LogP contribution in [0, 0.1) is 5.92 Å². The van der Waals surface area contributed by atoms with Gasteiger partial charge >= 0.3 is 0 Å². The molecule has 0 aromatic heterocycles. The van der Waals surface area contributed by atoms with E-state index in [-0.39, 0.29) is 0 Å². The Bertz CT molecular complexity index is 394. The lowest BCUT2D eigenvalue weighted by Crippen LogP contribution is -2.32. The minimum absolute atomic E-state index is 0.535. The first-order chi connectivity index (χ1) is 8.49. The molecule has 1 rings (SSSR count). The van der Waals surface area contributed by atoms with Crippen molar-refractivity contribution in [1.29, 1.82) is 0 Å². The Morgan fingerprint density at radius 1 is 1.28 bits per heavy atom. The lowest BCUT2D eigenvalue weighted by molar-refractivity contribution is 0.374. The van der Waals surface area contributed by atoms with E-state index in [1.165, 1.54) is 0 Å². The highest BCUT2D eigenvalue weighted by Gasteiger charge is 2.13. The van der Waals surface area contributed by atoms with Gasteiger partial charge in [-0.05, 0) is 40.4 Å². The van der Waals surface area contributed by atoms with Gasteiger partial charge < -0.3 is 10.1 Å². The van der Waals surface area contributed by atoms with E-state index in [9.17, 15) is 0 Å². The summed E-state index contributed by atoms with van der Waals surface area (Å²) < 4.78 is 7.49. The van der Waals surface area contributed by atoms with Gasteiger partial charge in [-0.25, -0.2) is 0 Å². The number of hydrogen-bond acceptors (Lipinski definition) is 2. The van der Waals surface area contributed by atoms with E-state index in [4.69, 9.17) is 4.74 Å². The van der Waals surface area contributed by atoms with Crippen molar-refractivity contribution in [3.05, 3.63) is 26.6 Å². The molecule has 1 unspecified atom stereocenters. The van der Waals surface area contributed by atoms with Gasteiger partial charge in [-0.2, -0.15) is 0 Å². The molecule has 0 aliphatic heterocycles. The van der Waals surface area contributed by atoms with Crippen molar-refractivity contribution in [3.63, 3.8) is 0 Å². The van der Waals surface area contributed by atoms with Crippen LogP contribution in [0.2, 0.25) is 0 Å². The van der Waals surface area contributed by atoms with Crippen LogP contribution in [0.1, 0.15) is 32.8 Å². The molecular formula is C14H21Br2NO. The minimum Gasteiger partial charge on any atom is -0.495 e. The molecule has 0 radical (unpaired) electrons. The Morgan fingerprint density at radius 2 is 1.94 bits per heavy atom. The first kappa shape index (κ1) is 16.0. The second-order valence-corrected chi connectivity index (χ2v) is 6.49. The Kier molecular flexibility index (Phi) is 6.67. The molecule has 1 aromatic carbocycles. The molecule has 2 nitrogen and oxygen atoms in total. The van der Waals surface area contributed by atoms with Crippen LogP contribution < -0.4 is 10.1 Å². The molecule has 18 heavy (non-hydrogen) atoms. The third kappa shape index (κ3) is 4.25. The summed E-state index contributed by atoms with van der Waals surface area (Å²) in [7, 11) is 1.71. The molecule has 0 saturated carbocycles. The normalized spacial score (nSPS) is 12.8. The molecule has 102 valence electrons. The molecule has 0 aliphatic rings. The fourth-order valence-electron chi connectivity index (χ4n) is 2.07. The van der Waals surface area contributed by atoms with Gasteiger partial charge in [0.1, 0.15) is 5.75 Å². The van der Waals surface area contributed by atoms with Crippen molar-refractivity contribution in [3.8, 4) is 5.75 Å². The van der Waals surface area contributed by atoms with Crippen LogP contribution in [-0.2, 0) is 6.54 Å². The summed E-state index contributed by atoms with van der Waals surface area (Å²) in [4.78, 5) is 0. The van der Waals surface area contributed by atoms with Crippen LogP contribution in [0.5, 0.6) is 5.75 Å². The maximum Gasteiger partial charge on any atom is 0.137 e. The fraction of sp³-hybridized carbons (Fsp3) is 0.571. The van der Waals surface area contributed by atoms with Crippen molar-refractivity contribution in [2.45, 2.75) is 39.8 Å². The number of halogens is 2. The molecule has 0 saturated heterocycles. The van der Waals surface area contributed by atoms with Crippen molar-refractivity contribution in [1.82, 2.24) is 5.32 Å². The lowest BCUT2D eigenvalue weighted by Gasteiger charge is -2.22. The smallest absolute Gasteiger partial charge is 0.137 e. The highest BCUT2D eigenvalue weighted by Crippen LogP contribution is 2.32. The van der Waals surface area contributed by atoms with Gasteiger partial charge in [0.2, 0.25) is 0 Å². The van der Waals surface area contributed by atoms with Crippen molar-refractivity contribution in [2.75, 3.05) is 7.11 Å². The van der Waals surface area contributed by atoms with Gasteiger partial charge in [-0.15, -0.1) is 0 Å². The van der Waals surface area contributed by atoms with Crippen LogP contribution >= 0.6 is 31.9 Å². The summed E-state index contributed by atoms with van der Waals surface area (Å²) in [6.07, 6.45) is 1.13. The third-order valence-corrected chi connectivity index (χ3v) is 4.14. The predicted octanol–water partition coefficient (Wildman–Crippen LogP) is 4.74. The summed E-state index contributed by atoms with van der Waals surface area (Å²) >= 11 is 7.04. The lowest BCUT2D eigenvalue weighted by atomic mass is 10.0. The first-order valence-electron chi connectivity index (χ1n) is 6.24. The number of hydrogen-bond donors (Lipinski definition) is 1. The monoisotopic (exact) mass is 377 g/mol. The number of benzene rings is 1. The minimum atomic E-state index is 0.535. The Hall–Kier alpha value is -0.0600. The quantitative estimate of drug-likeness (QED) is 0.771. The summed E-state index contributed by atoms with van der Waals surface area (Å²) in [5, 5.41) is 3.59. The molecule has 0 bridgehead atoms. The standard InChI is InChI=1S/C14H21Br2NO/c1-5-13(9(2)3)17-8-10-6-11(15)7-12(16)14(10)18-4/h6-7,9,13,17H,5,8H2,1-4H3. The van der Waals surface area contributed by atoms with E-state index in [1.807, 2.05) is 6.07 Å². The number of ether oxygens (including phenoxy) is 1. The zero-order valence-electron chi connectivity index (χ0n) is 11.4. The van der Waals surface area contributed by atoms with E-state index in [0.29, 0.717) is 12.0 Å². The summed E-state index contributed by atoms with van der Waals surface area (Å²) in [6, 6.07) is 4.64. The van der Waals surface area contributed by atoms with Gasteiger partial charge in [-0.1, -0.05) is 36.7 Å². The van der Waals surface area contributed by atoms with Gasteiger partial charge in [0.25, 0.3) is 0 Å². The number of methoxy groups -OCH3 is 1. The molecular weight excluding hydrogens is 358 g/mol. The summed E-state index contributed by atoms with van der Waals surface area (Å²) in [5.41, 5.74) is 1.16. The molecule has 1 aromatic rings. The summed E-state index contributed by atoms with van der Waals surface area (Å²) in [6.45, 7) is 7.52. The Balaban J connectivity index is 2.83. The highest BCUT2D eigenvalue weighted by atomic mass is 79.9. The topological polar surface area (TPSA) is 21.3 Å². The molecule has 1 N–H and O–H groups in total. The molecule has 0 fully saturated rings. The molecule has 0 aliphatic carbocycles. The van der Waals surface area contributed by atoms with Crippen LogP contribution in [0.15, 0.2) is 21.1 Å². The average Bonchev–Trinajstić information content (AvgIpc) is 2.28. The van der Waals surface area contributed by atoms with E-state index >= 15 is 0 Å². The summed E-state index contributed by atoms with van der Waals surface area (Å²) in [5.74, 6) is 1.54. The van der Waals surface area contributed by atoms with Gasteiger partial charge in [0.15, 0.2) is 0 Å². The Labute approximate surface area is 127 Å². The SMILES string of the molecule is CCC(NCc1cc(Br)cc(Br)c1OC)C(C)C. The molecule has 0 spiro atoms.